The molecular formula is C25H40O4. The van der Waals surface area contributed by atoms with Crippen LogP contribution in [0.3, 0.4) is 0 Å². The molecule has 4 rings (SSSR count). The molecule has 4 heteroatoms. The van der Waals surface area contributed by atoms with Crippen molar-refractivity contribution < 1.29 is 19.1 Å². The van der Waals surface area contributed by atoms with Crippen LogP contribution in [0.2, 0.25) is 0 Å². The molecule has 29 heavy (non-hydrogen) atoms. The zero-order valence-electron chi connectivity index (χ0n) is 19.0. The molecule has 0 aromatic carbocycles. The van der Waals surface area contributed by atoms with Crippen LogP contribution in [0.5, 0.6) is 0 Å². The second kappa shape index (κ2) is 7.57. The van der Waals surface area contributed by atoms with Crippen molar-refractivity contribution in [2.45, 2.75) is 105 Å². The molecular weight excluding hydrogens is 364 g/mol. The van der Waals surface area contributed by atoms with Crippen LogP contribution in [0.1, 0.15) is 92.4 Å². The van der Waals surface area contributed by atoms with Gasteiger partial charge in [-0.25, -0.2) is 0 Å². The first-order valence-corrected chi connectivity index (χ1v) is 12.0. The molecule has 0 spiro atoms. The van der Waals surface area contributed by atoms with Crippen molar-refractivity contribution in [3.05, 3.63) is 0 Å². The summed E-state index contributed by atoms with van der Waals surface area (Å²) in [5, 5.41) is 0. The van der Waals surface area contributed by atoms with Crippen LogP contribution in [-0.2, 0) is 19.1 Å². The van der Waals surface area contributed by atoms with Gasteiger partial charge < -0.3 is 9.47 Å². The summed E-state index contributed by atoms with van der Waals surface area (Å²) in [5.74, 6) is 2.64. The minimum atomic E-state index is -0.241. The largest absolute Gasteiger partial charge is 0.462 e. The summed E-state index contributed by atoms with van der Waals surface area (Å²) in [6.45, 7) is 9.98. The minimum absolute atomic E-state index is 0.0774. The number of rotatable bonds is 3. The van der Waals surface area contributed by atoms with Crippen molar-refractivity contribution in [2.24, 2.45) is 40.4 Å². The van der Waals surface area contributed by atoms with E-state index in [2.05, 4.69) is 13.8 Å². The SMILES string of the molecule is CC(=O)O[C@H](C)[C@@H]1[C@H](OC(C)=O)C[C@@H]2[C@@H]3CC[C@@H]4CCCC[C@]4(C)[C@@H]3CC[C@]12C. The lowest BCUT2D eigenvalue weighted by Crippen LogP contribution is -2.53. The molecule has 0 radical (unpaired) electrons. The van der Waals surface area contributed by atoms with Gasteiger partial charge in [-0.2, -0.15) is 0 Å². The first-order valence-electron chi connectivity index (χ1n) is 12.0. The Kier molecular flexibility index (Phi) is 5.53. The lowest BCUT2D eigenvalue weighted by Gasteiger charge is -2.60. The van der Waals surface area contributed by atoms with E-state index in [0.717, 1.165) is 30.6 Å². The van der Waals surface area contributed by atoms with E-state index >= 15 is 0 Å². The number of carbonyl (C=O) groups is 2. The average Bonchev–Trinajstić information content (AvgIpc) is 2.91. The van der Waals surface area contributed by atoms with E-state index in [-0.39, 0.29) is 35.5 Å². The molecule has 4 fully saturated rings. The summed E-state index contributed by atoms with van der Waals surface area (Å²) in [7, 11) is 0. The smallest absolute Gasteiger partial charge is 0.302 e. The van der Waals surface area contributed by atoms with Crippen molar-refractivity contribution in [3.63, 3.8) is 0 Å². The summed E-state index contributed by atoms with van der Waals surface area (Å²) in [5.41, 5.74) is 0.576. The van der Waals surface area contributed by atoms with E-state index in [1.54, 1.807) is 0 Å². The molecule has 9 atom stereocenters. The first-order chi connectivity index (χ1) is 13.7. The highest BCUT2D eigenvalue weighted by Gasteiger charge is 2.64. The monoisotopic (exact) mass is 404 g/mol. The third-order valence-electron chi connectivity index (χ3n) is 9.84. The number of hydrogen-bond donors (Lipinski definition) is 0. The summed E-state index contributed by atoms with van der Waals surface area (Å²) in [6, 6.07) is 0. The molecule has 0 aromatic heterocycles. The summed E-state index contributed by atoms with van der Waals surface area (Å²) in [4.78, 5) is 23.6. The van der Waals surface area contributed by atoms with Crippen LogP contribution < -0.4 is 0 Å². The van der Waals surface area contributed by atoms with Crippen molar-refractivity contribution in [3.8, 4) is 0 Å². The fourth-order valence-corrected chi connectivity index (χ4v) is 8.83. The second-order valence-electron chi connectivity index (χ2n) is 11.2. The second-order valence-corrected chi connectivity index (χ2v) is 11.2. The summed E-state index contributed by atoms with van der Waals surface area (Å²) < 4.78 is 11.5. The first kappa shape index (κ1) is 21.2. The summed E-state index contributed by atoms with van der Waals surface area (Å²) >= 11 is 0. The van der Waals surface area contributed by atoms with Gasteiger partial charge >= 0.3 is 11.9 Å². The third-order valence-corrected chi connectivity index (χ3v) is 9.84. The van der Waals surface area contributed by atoms with Gasteiger partial charge in [0.1, 0.15) is 12.2 Å². The maximum Gasteiger partial charge on any atom is 0.302 e. The Labute approximate surface area is 176 Å². The molecule has 0 amide bonds. The van der Waals surface area contributed by atoms with Gasteiger partial charge in [0.05, 0.1) is 0 Å². The van der Waals surface area contributed by atoms with Gasteiger partial charge in [0.15, 0.2) is 0 Å². The number of fused-ring (bicyclic) bond motifs is 5. The van der Waals surface area contributed by atoms with E-state index < -0.39 is 0 Å². The quantitative estimate of drug-likeness (QED) is 0.581. The zero-order valence-corrected chi connectivity index (χ0v) is 19.0. The molecule has 0 aromatic rings. The molecule has 4 aliphatic carbocycles. The molecule has 4 aliphatic rings. The molecule has 0 aliphatic heterocycles. The van der Waals surface area contributed by atoms with Gasteiger partial charge in [-0.05, 0) is 86.4 Å². The fraction of sp³-hybridized carbons (Fsp3) is 0.920. The maximum atomic E-state index is 11.9. The third kappa shape index (κ3) is 3.43. The Bertz CT molecular complexity index is 659. The highest BCUT2D eigenvalue weighted by molar-refractivity contribution is 5.67. The van der Waals surface area contributed by atoms with Crippen molar-refractivity contribution in [2.75, 3.05) is 0 Å². The lowest BCUT2D eigenvalue weighted by atomic mass is 9.45. The van der Waals surface area contributed by atoms with Gasteiger partial charge in [0, 0.05) is 19.8 Å². The van der Waals surface area contributed by atoms with E-state index in [0.29, 0.717) is 11.3 Å². The normalized spacial score (nSPS) is 47.3. The molecule has 0 bridgehead atoms. The topological polar surface area (TPSA) is 52.6 Å². The highest BCUT2D eigenvalue weighted by atomic mass is 16.6. The number of hydrogen-bond acceptors (Lipinski definition) is 4. The Morgan fingerprint density at radius 2 is 1.66 bits per heavy atom. The molecule has 0 unspecified atom stereocenters. The molecule has 4 nitrogen and oxygen atoms in total. The Morgan fingerprint density at radius 1 is 0.897 bits per heavy atom. The number of esters is 2. The molecule has 0 heterocycles. The molecule has 0 saturated heterocycles. The van der Waals surface area contributed by atoms with Crippen molar-refractivity contribution >= 4 is 11.9 Å². The van der Waals surface area contributed by atoms with Crippen LogP contribution in [0, 0.1) is 40.4 Å². The number of carbonyl (C=O) groups excluding carboxylic acids is 2. The van der Waals surface area contributed by atoms with Crippen LogP contribution in [0.25, 0.3) is 0 Å². The average molecular weight is 405 g/mol. The van der Waals surface area contributed by atoms with Crippen LogP contribution in [-0.4, -0.2) is 24.1 Å². The van der Waals surface area contributed by atoms with Gasteiger partial charge in [0.2, 0.25) is 0 Å². The minimum Gasteiger partial charge on any atom is -0.462 e. The van der Waals surface area contributed by atoms with Gasteiger partial charge in [0.25, 0.3) is 0 Å². The molecule has 164 valence electrons. The van der Waals surface area contributed by atoms with Crippen LogP contribution >= 0.6 is 0 Å². The highest BCUT2D eigenvalue weighted by Crippen LogP contribution is 2.68. The van der Waals surface area contributed by atoms with E-state index in [9.17, 15) is 9.59 Å². The van der Waals surface area contributed by atoms with Crippen molar-refractivity contribution in [1.82, 2.24) is 0 Å². The zero-order chi connectivity index (χ0) is 21.0. The van der Waals surface area contributed by atoms with E-state index in [1.165, 1.54) is 58.8 Å². The predicted octanol–water partition coefficient (Wildman–Crippen LogP) is 5.53. The summed E-state index contributed by atoms with van der Waals surface area (Å²) in [6.07, 6.45) is 11.3. The molecule has 4 saturated carbocycles. The standard InChI is InChI=1S/C25H40O4/c1-15(28-16(2)26)23-22(29-17(3)27)14-21-19-10-9-18-8-6-7-12-24(18,4)20(19)11-13-25(21,23)5/h15,18-23H,6-14H2,1-5H3/t15-,18+,19-,20-,21-,22-,23-,24+,25+/m1/s1. The molecule has 0 N–H and O–H groups in total. The Morgan fingerprint density at radius 3 is 2.34 bits per heavy atom. The van der Waals surface area contributed by atoms with Gasteiger partial charge in [-0.3, -0.25) is 9.59 Å². The van der Waals surface area contributed by atoms with Crippen molar-refractivity contribution in [1.29, 1.82) is 0 Å². The van der Waals surface area contributed by atoms with Crippen LogP contribution in [0.15, 0.2) is 0 Å². The van der Waals surface area contributed by atoms with E-state index in [4.69, 9.17) is 9.47 Å². The number of ether oxygens (including phenoxy) is 2. The Balaban J connectivity index is 1.64. The van der Waals surface area contributed by atoms with Crippen LogP contribution in [0.4, 0.5) is 0 Å². The van der Waals surface area contributed by atoms with E-state index in [1.807, 2.05) is 6.92 Å². The van der Waals surface area contributed by atoms with Gasteiger partial charge in [-0.1, -0.05) is 26.7 Å². The van der Waals surface area contributed by atoms with Gasteiger partial charge in [-0.15, -0.1) is 0 Å². The predicted molar refractivity (Wildman–Crippen MR) is 112 cm³/mol. The Hall–Kier alpha value is -1.06. The fourth-order valence-electron chi connectivity index (χ4n) is 8.83. The lowest BCUT2D eigenvalue weighted by molar-refractivity contribution is -0.163. The maximum absolute atomic E-state index is 11.9.